The molecule has 0 saturated heterocycles. The Morgan fingerprint density at radius 3 is 1.72 bits per heavy atom. The van der Waals surface area contributed by atoms with Crippen molar-refractivity contribution >= 4 is 61.5 Å². The van der Waals surface area contributed by atoms with Crippen molar-refractivity contribution in [3.63, 3.8) is 0 Å². The summed E-state index contributed by atoms with van der Waals surface area (Å²) in [6.45, 7) is 4.33. The maximum absolute atomic E-state index is 2.44. The van der Waals surface area contributed by atoms with Crippen LogP contribution in [0.15, 0.2) is 115 Å². The topological polar surface area (TPSA) is 3.24 Å². The molecule has 1 heteroatoms. The van der Waals surface area contributed by atoms with Gasteiger partial charge in [-0.2, -0.15) is 0 Å². The van der Waals surface area contributed by atoms with E-state index in [1.807, 2.05) is 0 Å². The SMILES string of the molecule is Cc1ccc(N(c2ccc(C=Cc3cc4ccc5cc(C)cc6ccc(c3)c4c56)cc2)c2cccc3c2CCCC3)cc1. The Kier molecular flexibility index (Phi) is 6.26. The summed E-state index contributed by atoms with van der Waals surface area (Å²) in [6.07, 6.45) is 9.36. The first-order chi connectivity index (χ1) is 21.1. The average molecular weight is 554 g/mol. The lowest BCUT2D eigenvalue weighted by atomic mass is 9.90. The summed E-state index contributed by atoms with van der Waals surface area (Å²) in [6, 6.07) is 43.1. The second-order valence-electron chi connectivity index (χ2n) is 12.3. The molecule has 0 heterocycles. The number of fused-ring (bicyclic) bond motifs is 1. The van der Waals surface area contributed by atoms with Crippen molar-refractivity contribution in [2.24, 2.45) is 0 Å². The third kappa shape index (κ3) is 4.66. The molecule has 0 aromatic heterocycles. The lowest BCUT2D eigenvalue weighted by Crippen LogP contribution is -2.15. The van der Waals surface area contributed by atoms with Gasteiger partial charge >= 0.3 is 0 Å². The fraction of sp³-hybridized carbons (Fsp3) is 0.143. The summed E-state index contributed by atoms with van der Waals surface area (Å²) >= 11 is 0. The minimum Gasteiger partial charge on any atom is -0.310 e. The summed E-state index contributed by atoms with van der Waals surface area (Å²) < 4.78 is 0. The van der Waals surface area contributed by atoms with E-state index in [0.717, 1.165) is 6.42 Å². The van der Waals surface area contributed by atoms with Gasteiger partial charge in [0.15, 0.2) is 0 Å². The van der Waals surface area contributed by atoms with Gasteiger partial charge in [-0.15, -0.1) is 0 Å². The van der Waals surface area contributed by atoms with E-state index < -0.39 is 0 Å². The van der Waals surface area contributed by atoms with Gasteiger partial charge in [-0.1, -0.05) is 90.5 Å². The fourth-order valence-electron chi connectivity index (χ4n) is 7.13. The maximum atomic E-state index is 2.44. The van der Waals surface area contributed by atoms with Crippen LogP contribution in [-0.2, 0) is 12.8 Å². The highest BCUT2D eigenvalue weighted by molar-refractivity contribution is 6.23. The lowest BCUT2D eigenvalue weighted by molar-refractivity contribution is 0.686. The molecule has 1 aliphatic carbocycles. The van der Waals surface area contributed by atoms with Crippen LogP contribution < -0.4 is 4.90 Å². The normalized spacial score (nSPS) is 13.3. The molecule has 208 valence electrons. The molecule has 43 heavy (non-hydrogen) atoms. The minimum absolute atomic E-state index is 1.15. The first-order valence-corrected chi connectivity index (χ1v) is 15.6. The van der Waals surface area contributed by atoms with Crippen LogP contribution in [0.4, 0.5) is 17.1 Å². The molecule has 7 aromatic carbocycles. The van der Waals surface area contributed by atoms with Crippen LogP contribution in [0.2, 0.25) is 0 Å². The molecule has 0 amide bonds. The zero-order valence-corrected chi connectivity index (χ0v) is 24.9. The average Bonchev–Trinajstić information content (AvgIpc) is 3.04. The van der Waals surface area contributed by atoms with Crippen molar-refractivity contribution in [2.75, 3.05) is 4.90 Å². The summed E-state index contributed by atoms with van der Waals surface area (Å²) in [5.41, 5.74) is 11.7. The van der Waals surface area contributed by atoms with Gasteiger partial charge in [-0.25, -0.2) is 0 Å². The van der Waals surface area contributed by atoms with Gasteiger partial charge in [-0.05, 0) is 142 Å². The Labute approximate surface area is 254 Å². The molecule has 0 bridgehead atoms. The van der Waals surface area contributed by atoms with E-state index in [-0.39, 0.29) is 0 Å². The number of hydrogen-bond acceptors (Lipinski definition) is 1. The molecule has 0 radical (unpaired) electrons. The Balaban J connectivity index is 1.14. The van der Waals surface area contributed by atoms with Gasteiger partial charge in [0.05, 0.1) is 0 Å². The molecule has 7 aromatic rings. The molecule has 0 fully saturated rings. The van der Waals surface area contributed by atoms with Crippen LogP contribution in [0.25, 0.3) is 44.5 Å². The fourth-order valence-corrected chi connectivity index (χ4v) is 7.13. The summed E-state index contributed by atoms with van der Waals surface area (Å²) in [5.74, 6) is 0. The van der Waals surface area contributed by atoms with Crippen molar-refractivity contribution in [3.05, 3.63) is 149 Å². The molecule has 0 atom stereocenters. The van der Waals surface area contributed by atoms with Crippen LogP contribution in [0, 0.1) is 13.8 Å². The Bertz CT molecular complexity index is 2060. The van der Waals surface area contributed by atoms with E-state index in [2.05, 4.69) is 146 Å². The zero-order valence-electron chi connectivity index (χ0n) is 24.9. The summed E-state index contributed by atoms with van der Waals surface area (Å²) in [7, 11) is 0. The van der Waals surface area contributed by atoms with Gasteiger partial charge < -0.3 is 4.90 Å². The van der Waals surface area contributed by atoms with Gasteiger partial charge in [0.25, 0.3) is 0 Å². The molecular weight excluding hydrogens is 518 g/mol. The second kappa shape index (κ2) is 10.4. The van der Waals surface area contributed by atoms with E-state index in [0.29, 0.717) is 0 Å². The summed E-state index contributed by atoms with van der Waals surface area (Å²) in [4.78, 5) is 2.44. The number of aryl methyl sites for hydroxylation is 3. The smallest absolute Gasteiger partial charge is 0.0496 e. The number of benzene rings is 7. The third-order valence-corrected chi connectivity index (χ3v) is 9.22. The molecular formula is C42H35N. The number of hydrogen-bond donors (Lipinski definition) is 0. The van der Waals surface area contributed by atoms with Crippen LogP contribution >= 0.6 is 0 Å². The van der Waals surface area contributed by atoms with Crippen molar-refractivity contribution in [3.8, 4) is 0 Å². The molecule has 0 saturated carbocycles. The molecule has 0 aliphatic heterocycles. The highest BCUT2D eigenvalue weighted by Crippen LogP contribution is 2.40. The standard InChI is InChI=1S/C42H35N/c1-28-10-20-37(21-11-28)43(40-9-5-7-32-6-3-4-8-39(32)40)38-22-14-30(15-23-38)12-13-31-26-35-18-16-33-24-29(2)25-34-17-19-36(27-31)42(35)41(33)34/h5,7,9-27H,3-4,6,8H2,1-2H3. The lowest BCUT2D eigenvalue weighted by Gasteiger charge is -2.30. The maximum Gasteiger partial charge on any atom is 0.0496 e. The molecule has 0 unspecified atom stereocenters. The van der Waals surface area contributed by atoms with E-state index in [4.69, 9.17) is 0 Å². The van der Waals surface area contributed by atoms with E-state index in [1.165, 1.54) is 102 Å². The monoisotopic (exact) mass is 553 g/mol. The van der Waals surface area contributed by atoms with Crippen LogP contribution in [0.5, 0.6) is 0 Å². The quantitative estimate of drug-likeness (QED) is 0.151. The van der Waals surface area contributed by atoms with Gasteiger partial charge in [-0.3, -0.25) is 0 Å². The Hall–Kier alpha value is -4.88. The minimum atomic E-state index is 1.15. The van der Waals surface area contributed by atoms with Crippen molar-refractivity contribution in [1.82, 2.24) is 0 Å². The summed E-state index contributed by atoms with van der Waals surface area (Å²) in [5, 5.41) is 8.00. The predicted molar refractivity (Wildman–Crippen MR) is 186 cm³/mol. The van der Waals surface area contributed by atoms with Crippen molar-refractivity contribution in [2.45, 2.75) is 39.5 Å². The molecule has 1 aliphatic rings. The van der Waals surface area contributed by atoms with E-state index in [9.17, 15) is 0 Å². The molecule has 8 rings (SSSR count). The number of anilines is 3. The zero-order chi connectivity index (χ0) is 28.9. The largest absolute Gasteiger partial charge is 0.310 e. The van der Waals surface area contributed by atoms with Gasteiger partial charge in [0, 0.05) is 17.1 Å². The highest BCUT2D eigenvalue weighted by atomic mass is 15.1. The van der Waals surface area contributed by atoms with E-state index in [1.54, 1.807) is 0 Å². The van der Waals surface area contributed by atoms with Gasteiger partial charge in [0.1, 0.15) is 0 Å². The van der Waals surface area contributed by atoms with Crippen LogP contribution in [0.1, 0.15) is 46.2 Å². The first-order valence-electron chi connectivity index (χ1n) is 15.6. The number of rotatable bonds is 5. The van der Waals surface area contributed by atoms with Crippen LogP contribution in [0.3, 0.4) is 0 Å². The second-order valence-corrected chi connectivity index (χ2v) is 12.3. The molecule has 1 nitrogen and oxygen atoms in total. The molecule has 0 N–H and O–H groups in total. The third-order valence-electron chi connectivity index (χ3n) is 9.22. The predicted octanol–water partition coefficient (Wildman–Crippen LogP) is 11.7. The highest BCUT2D eigenvalue weighted by Gasteiger charge is 2.20. The Morgan fingerprint density at radius 2 is 1.07 bits per heavy atom. The Morgan fingerprint density at radius 1 is 0.512 bits per heavy atom. The van der Waals surface area contributed by atoms with E-state index >= 15 is 0 Å². The molecule has 0 spiro atoms. The van der Waals surface area contributed by atoms with Gasteiger partial charge in [0.2, 0.25) is 0 Å². The van der Waals surface area contributed by atoms with Crippen LogP contribution in [-0.4, -0.2) is 0 Å². The van der Waals surface area contributed by atoms with Crippen molar-refractivity contribution in [1.29, 1.82) is 0 Å². The van der Waals surface area contributed by atoms with Crippen molar-refractivity contribution < 1.29 is 0 Å². The number of nitrogens with zero attached hydrogens (tertiary/aromatic N) is 1. The first kappa shape index (κ1) is 25.8.